The topological polar surface area (TPSA) is 73.1 Å². The van der Waals surface area contributed by atoms with E-state index in [-0.39, 0.29) is 11.4 Å². The Morgan fingerprint density at radius 1 is 1.22 bits per heavy atom. The summed E-state index contributed by atoms with van der Waals surface area (Å²) in [6, 6.07) is 9.57. The minimum absolute atomic E-state index is 0.248. The van der Waals surface area contributed by atoms with Crippen LogP contribution in [0, 0.1) is 11.3 Å². The summed E-state index contributed by atoms with van der Waals surface area (Å²) in [4.78, 5) is 8.65. The molecule has 0 bridgehead atoms. The van der Waals surface area contributed by atoms with Gasteiger partial charge in [-0.25, -0.2) is 4.98 Å². The lowest BCUT2D eigenvalue weighted by Crippen LogP contribution is -2.26. The summed E-state index contributed by atoms with van der Waals surface area (Å²) in [5.41, 5.74) is 9.30. The summed E-state index contributed by atoms with van der Waals surface area (Å²) < 4.78 is 5.19. The van der Waals surface area contributed by atoms with E-state index in [1.807, 2.05) is 36.4 Å². The van der Waals surface area contributed by atoms with Gasteiger partial charge in [0.05, 0.1) is 12.8 Å². The number of nitrogens with one attached hydrogen (secondary N) is 1. The van der Waals surface area contributed by atoms with Crippen molar-refractivity contribution in [3.63, 3.8) is 0 Å². The molecule has 3 N–H and O–H groups in total. The molecule has 3 rings (SSSR count). The van der Waals surface area contributed by atoms with Gasteiger partial charge in [-0.05, 0) is 55.5 Å². The SMILES string of the molecule is COc1ccc(Nc2cc(/C=C/C3C(C)=CCCC3(C)C)nc(N)n2)cc1. The highest BCUT2D eigenvalue weighted by Gasteiger charge is 2.30. The molecule has 0 radical (unpaired) electrons. The van der Waals surface area contributed by atoms with Gasteiger partial charge in [0.2, 0.25) is 5.95 Å². The third-order valence-corrected chi connectivity index (χ3v) is 5.17. The highest BCUT2D eigenvalue weighted by Crippen LogP contribution is 2.41. The fourth-order valence-electron chi connectivity index (χ4n) is 3.63. The van der Waals surface area contributed by atoms with E-state index in [9.17, 15) is 0 Å². The molecule has 1 aromatic heterocycles. The van der Waals surface area contributed by atoms with Gasteiger partial charge < -0.3 is 15.8 Å². The molecule has 5 nitrogen and oxygen atoms in total. The number of nitrogen functional groups attached to an aromatic ring is 1. The summed E-state index contributed by atoms with van der Waals surface area (Å²) in [5, 5.41) is 3.27. The van der Waals surface area contributed by atoms with Gasteiger partial charge in [-0.2, -0.15) is 4.98 Å². The molecular formula is C22H28N4O. The maximum absolute atomic E-state index is 5.92. The summed E-state index contributed by atoms with van der Waals surface area (Å²) in [5.74, 6) is 2.14. The number of nitrogens with two attached hydrogens (primary N) is 1. The molecule has 0 amide bonds. The number of rotatable bonds is 5. The zero-order valence-electron chi connectivity index (χ0n) is 16.5. The molecule has 27 heavy (non-hydrogen) atoms. The van der Waals surface area contributed by atoms with Crippen LogP contribution < -0.4 is 15.8 Å². The monoisotopic (exact) mass is 364 g/mol. The highest BCUT2D eigenvalue weighted by molar-refractivity contribution is 5.61. The van der Waals surface area contributed by atoms with E-state index in [2.05, 4.69) is 48.2 Å². The van der Waals surface area contributed by atoms with E-state index in [4.69, 9.17) is 10.5 Å². The molecule has 142 valence electrons. The maximum Gasteiger partial charge on any atom is 0.222 e. The van der Waals surface area contributed by atoms with E-state index in [0.29, 0.717) is 11.7 Å². The lowest BCUT2D eigenvalue weighted by molar-refractivity contribution is 0.256. The molecule has 1 atom stereocenters. The second-order valence-electron chi connectivity index (χ2n) is 7.70. The van der Waals surface area contributed by atoms with Crippen LogP contribution in [-0.4, -0.2) is 17.1 Å². The van der Waals surface area contributed by atoms with Crippen molar-refractivity contribution < 1.29 is 4.74 Å². The van der Waals surface area contributed by atoms with Gasteiger partial charge in [-0.15, -0.1) is 0 Å². The molecule has 0 aliphatic heterocycles. The molecule has 0 spiro atoms. The molecular weight excluding hydrogens is 336 g/mol. The molecule has 5 heteroatoms. The standard InChI is InChI=1S/C22H28N4O/c1-15-6-5-13-22(2,3)19(15)12-9-17-14-20(26-21(23)25-17)24-16-7-10-18(27-4)11-8-16/h6-12,14,19H,5,13H2,1-4H3,(H3,23,24,25,26)/b12-9+. The van der Waals surface area contributed by atoms with Gasteiger partial charge in [0.15, 0.2) is 0 Å². The third kappa shape index (κ3) is 4.67. The summed E-state index contributed by atoms with van der Waals surface area (Å²) in [7, 11) is 1.65. The van der Waals surface area contributed by atoms with Crippen molar-refractivity contribution in [3.05, 3.63) is 53.8 Å². The van der Waals surface area contributed by atoms with Crippen LogP contribution in [0.3, 0.4) is 0 Å². The van der Waals surface area contributed by atoms with Crippen molar-refractivity contribution in [1.29, 1.82) is 0 Å². The molecule has 1 aliphatic carbocycles. The molecule has 0 saturated heterocycles. The number of hydrogen-bond donors (Lipinski definition) is 2. The van der Waals surface area contributed by atoms with Gasteiger partial charge in [0, 0.05) is 17.7 Å². The fraction of sp³-hybridized carbons (Fsp3) is 0.364. The highest BCUT2D eigenvalue weighted by atomic mass is 16.5. The van der Waals surface area contributed by atoms with Crippen LogP contribution in [0.5, 0.6) is 5.75 Å². The molecule has 1 unspecified atom stereocenters. The van der Waals surface area contributed by atoms with Crippen LogP contribution in [-0.2, 0) is 0 Å². The van der Waals surface area contributed by atoms with E-state index in [1.165, 1.54) is 12.0 Å². The second-order valence-corrected chi connectivity index (χ2v) is 7.70. The largest absolute Gasteiger partial charge is 0.497 e. The first kappa shape index (κ1) is 19.0. The minimum Gasteiger partial charge on any atom is -0.497 e. The van der Waals surface area contributed by atoms with Gasteiger partial charge in [0.25, 0.3) is 0 Å². The predicted octanol–water partition coefficient (Wildman–Crippen LogP) is 5.21. The molecule has 0 saturated carbocycles. The first-order valence-corrected chi connectivity index (χ1v) is 9.28. The van der Waals surface area contributed by atoms with Crippen molar-refractivity contribution in [3.8, 4) is 5.75 Å². The lowest BCUT2D eigenvalue weighted by atomic mass is 9.68. The van der Waals surface area contributed by atoms with Crippen molar-refractivity contribution in [2.75, 3.05) is 18.2 Å². The van der Waals surface area contributed by atoms with Crippen LogP contribution >= 0.6 is 0 Å². The quantitative estimate of drug-likeness (QED) is 0.713. The first-order valence-electron chi connectivity index (χ1n) is 9.28. The number of anilines is 3. The fourth-order valence-corrected chi connectivity index (χ4v) is 3.63. The minimum atomic E-state index is 0.248. The number of ether oxygens (including phenoxy) is 1. The zero-order valence-corrected chi connectivity index (χ0v) is 16.5. The van der Waals surface area contributed by atoms with Crippen LogP contribution in [0.2, 0.25) is 0 Å². The van der Waals surface area contributed by atoms with Crippen LogP contribution in [0.4, 0.5) is 17.5 Å². The van der Waals surface area contributed by atoms with E-state index >= 15 is 0 Å². The Hall–Kier alpha value is -2.82. The van der Waals surface area contributed by atoms with Crippen molar-refractivity contribution in [2.45, 2.75) is 33.6 Å². The van der Waals surface area contributed by atoms with Gasteiger partial charge in [0.1, 0.15) is 11.6 Å². The van der Waals surface area contributed by atoms with E-state index in [0.717, 1.165) is 23.6 Å². The zero-order chi connectivity index (χ0) is 19.4. The number of methoxy groups -OCH3 is 1. The average Bonchev–Trinajstić information content (AvgIpc) is 2.61. The summed E-state index contributed by atoms with van der Waals surface area (Å²) >= 11 is 0. The van der Waals surface area contributed by atoms with Crippen LogP contribution in [0.15, 0.2) is 48.1 Å². The smallest absolute Gasteiger partial charge is 0.222 e. The summed E-state index contributed by atoms with van der Waals surface area (Å²) in [6.07, 6.45) is 8.97. The van der Waals surface area contributed by atoms with Crippen molar-refractivity contribution in [1.82, 2.24) is 9.97 Å². The maximum atomic E-state index is 5.92. The Balaban J connectivity index is 1.80. The predicted molar refractivity (Wildman–Crippen MR) is 112 cm³/mol. The Bertz CT molecular complexity index is 853. The molecule has 1 aromatic carbocycles. The molecule has 1 heterocycles. The number of hydrogen-bond acceptors (Lipinski definition) is 5. The van der Waals surface area contributed by atoms with Crippen molar-refractivity contribution >= 4 is 23.5 Å². The molecule has 0 fully saturated rings. The lowest BCUT2D eigenvalue weighted by Gasteiger charge is -2.36. The average molecular weight is 364 g/mol. The summed E-state index contributed by atoms with van der Waals surface area (Å²) in [6.45, 7) is 6.86. The molecule has 1 aliphatic rings. The Morgan fingerprint density at radius 2 is 1.96 bits per heavy atom. The third-order valence-electron chi connectivity index (χ3n) is 5.17. The Kier molecular flexibility index (Phi) is 5.49. The molecule has 2 aromatic rings. The number of benzene rings is 1. The van der Waals surface area contributed by atoms with Gasteiger partial charge in [-0.1, -0.05) is 31.6 Å². The van der Waals surface area contributed by atoms with E-state index < -0.39 is 0 Å². The van der Waals surface area contributed by atoms with Crippen LogP contribution in [0.25, 0.3) is 6.08 Å². The van der Waals surface area contributed by atoms with Gasteiger partial charge >= 0.3 is 0 Å². The Morgan fingerprint density at radius 3 is 2.63 bits per heavy atom. The normalized spacial score (nSPS) is 19.0. The number of aromatic nitrogens is 2. The van der Waals surface area contributed by atoms with Gasteiger partial charge in [-0.3, -0.25) is 0 Å². The Labute approximate surface area is 161 Å². The first-order chi connectivity index (χ1) is 12.9. The van der Waals surface area contributed by atoms with Crippen molar-refractivity contribution in [2.24, 2.45) is 11.3 Å². The number of nitrogens with zero attached hydrogens (tertiary/aromatic N) is 2. The van der Waals surface area contributed by atoms with E-state index in [1.54, 1.807) is 7.11 Å². The number of allylic oxidation sites excluding steroid dienone is 3. The van der Waals surface area contributed by atoms with Crippen LogP contribution in [0.1, 0.15) is 39.3 Å². The second kappa shape index (κ2) is 7.82.